The molecule has 2 aromatic rings. The molecule has 12 heteroatoms. The van der Waals surface area contributed by atoms with Crippen molar-refractivity contribution in [2.75, 3.05) is 24.6 Å². The highest BCUT2D eigenvalue weighted by atomic mass is 19.4. The Morgan fingerprint density at radius 2 is 2.00 bits per heavy atom. The van der Waals surface area contributed by atoms with E-state index in [2.05, 4.69) is 9.97 Å². The van der Waals surface area contributed by atoms with Gasteiger partial charge in [-0.15, -0.1) is 0 Å². The number of nitro groups is 1. The first-order valence-corrected chi connectivity index (χ1v) is 9.43. The Bertz CT molecular complexity index is 962. The topological polar surface area (TPSA) is 119 Å². The number of halogens is 3. The summed E-state index contributed by atoms with van der Waals surface area (Å²) in [6.45, 7) is 0.427. The molecule has 1 aliphatic heterocycles. The van der Waals surface area contributed by atoms with Gasteiger partial charge in [-0.05, 0) is 24.5 Å². The van der Waals surface area contributed by atoms with Crippen molar-refractivity contribution in [3.05, 3.63) is 51.8 Å². The zero-order valence-electron chi connectivity index (χ0n) is 16.2. The molecule has 1 aromatic carbocycles. The standard InChI is InChI=1S/C19H19F3N4O5/c20-19(21,22)14-3-1-2-12(10-14)6-9-31-17-15(26(29)30)16(23-11-24-17)25-7-4-13(5-8-25)18(27)28/h1-3,10-11,13H,4-9H2,(H,27,28). The third kappa shape index (κ3) is 5.38. The average Bonchev–Trinajstić information content (AvgIpc) is 2.73. The molecule has 1 saturated heterocycles. The minimum Gasteiger partial charge on any atom is -0.481 e. The molecule has 1 aromatic heterocycles. The van der Waals surface area contributed by atoms with Crippen molar-refractivity contribution in [1.29, 1.82) is 0 Å². The summed E-state index contributed by atoms with van der Waals surface area (Å²) in [5, 5.41) is 20.7. The van der Waals surface area contributed by atoms with E-state index in [0.717, 1.165) is 18.5 Å². The zero-order valence-corrected chi connectivity index (χ0v) is 16.2. The van der Waals surface area contributed by atoms with E-state index in [4.69, 9.17) is 9.84 Å². The third-order valence-corrected chi connectivity index (χ3v) is 4.98. The van der Waals surface area contributed by atoms with Crippen LogP contribution in [0.3, 0.4) is 0 Å². The summed E-state index contributed by atoms with van der Waals surface area (Å²) in [5.74, 6) is -1.68. The van der Waals surface area contributed by atoms with Gasteiger partial charge >= 0.3 is 17.8 Å². The van der Waals surface area contributed by atoms with Crippen molar-refractivity contribution >= 4 is 17.5 Å². The van der Waals surface area contributed by atoms with Crippen LogP contribution >= 0.6 is 0 Å². The molecule has 0 radical (unpaired) electrons. The van der Waals surface area contributed by atoms with E-state index < -0.39 is 34.2 Å². The second-order valence-electron chi connectivity index (χ2n) is 7.00. The predicted molar refractivity (Wildman–Crippen MR) is 102 cm³/mol. The smallest absolute Gasteiger partial charge is 0.416 e. The maximum Gasteiger partial charge on any atom is 0.416 e. The number of anilines is 1. The lowest BCUT2D eigenvalue weighted by atomic mass is 9.97. The Morgan fingerprint density at radius 1 is 1.29 bits per heavy atom. The van der Waals surface area contributed by atoms with Gasteiger partial charge in [0.05, 0.1) is 23.0 Å². The number of hydrogen-bond acceptors (Lipinski definition) is 7. The van der Waals surface area contributed by atoms with E-state index in [1.165, 1.54) is 12.1 Å². The van der Waals surface area contributed by atoms with Crippen LogP contribution in [0.2, 0.25) is 0 Å². The molecule has 0 spiro atoms. The number of nitrogens with zero attached hydrogens (tertiary/aromatic N) is 4. The zero-order chi connectivity index (χ0) is 22.6. The molecule has 0 saturated carbocycles. The molecular weight excluding hydrogens is 421 g/mol. The van der Waals surface area contributed by atoms with Gasteiger partial charge in [0.2, 0.25) is 5.82 Å². The monoisotopic (exact) mass is 440 g/mol. The van der Waals surface area contributed by atoms with E-state index in [0.29, 0.717) is 18.4 Å². The molecule has 2 heterocycles. The molecule has 1 aliphatic rings. The number of alkyl halides is 3. The third-order valence-electron chi connectivity index (χ3n) is 4.98. The fourth-order valence-electron chi connectivity index (χ4n) is 3.36. The van der Waals surface area contributed by atoms with Crippen LogP contribution in [-0.4, -0.2) is 45.7 Å². The lowest BCUT2D eigenvalue weighted by Gasteiger charge is -2.30. The van der Waals surface area contributed by atoms with Crippen LogP contribution < -0.4 is 9.64 Å². The van der Waals surface area contributed by atoms with E-state index >= 15 is 0 Å². The summed E-state index contributed by atoms with van der Waals surface area (Å²) in [5.41, 5.74) is -0.882. The highest BCUT2D eigenvalue weighted by Gasteiger charge is 2.33. The lowest BCUT2D eigenvalue weighted by Crippen LogP contribution is -2.37. The number of ether oxygens (including phenoxy) is 1. The Balaban J connectivity index is 1.72. The lowest BCUT2D eigenvalue weighted by molar-refractivity contribution is -0.385. The Kier molecular flexibility index (Phi) is 6.56. The summed E-state index contributed by atoms with van der Waals surface area (Å²) in [6.07, 6.45) is -2.63. The number of rotatable bonds is 7. The molecular formula is C19H19F3N4O5. The quantitative estimate of drug-likeness (QED) is 0.515. The molecule has 9 nitrogen and oxygen atoms in total. The van der Waals surface area contributed by atoms with Gasteiger partial charge in [-0.25, -0.2) is 4.98 Å². The molecule has 166 valence electrons. The SMILES string of the molecule is O=C(O)C1CCN(c2ncnc(OCCc3cccc(C(F)(F)F)c3)c2[N+](=O)[O-])CC1. The number of benzene rings is 1. The maximum absolute atomic E-state index is 12.8. The van der Waals surface area contributed by atoms with E-state index in [-0.39, 0.29) is 37.8 Å². The minimum atomic E-state index is -4.47. The Hall–Kier alpha value is -3.44. The first kappa shape index (κ1) is 22.2. The van der Waals surface area contributed by atoms with Gasteiger partial charge in [0.25, 0.3) is 5.88 Å². The van der Waals surface area contributed by atoms with E-state index in [1.807, 2.05) is 0 Å². The highest BCUT2D eigenvalue weighted by molar-refractivity contribution is 5.71. The predicted octanol–water partition coefficient (Wildman–Crippen LogP) is 3.33. The Labute approximate surface area is 174 Å². The van der Waals surface area contributed by atoms with Gasteiger partial charge in [-0.1, -0.05) is 18.2 Å². The summed E-state index contributed by atoms with van der Waals surface area (Å²) in [7, 11) is 0. The second kappa shape index (κ2) is 9.14. The van der Waals surface area contributed by atoms with Crippen molar-refractivity contribution in [3.63, 3.8) is 0 Å². The van der Waals surface area contributed by atoms with Crippen LogP contribution in [-0.2, 0) is 17.4 Å². The van der Waals surface area contributed by atoms with Gasteiger partial charge in [-0.3, -0.25) is 14.9 Å². The number of carbonyl (C=O) groups is 1. The van der Waals surface area contributed by atoms with Crippen LogP contribution in [0.1, 0.15) is 24.0 Å². The molecule has 0 aliphatic carbocycles. The molecule has 3 rings (SSSR count). The highest BCUT2D eigenvalue weighted by Crippen LogP contribution is 2.35. The largest absolute Gasteiger partial charge is 0.481 e. The number of piperidine rings is 1. The molecule has 1 N–H and O–H groups in total. The number of aromatic nitrogens is 2. The first-order chi connectivity index (χ1) is 14.7. The van der Waals surface area contributed by atoms with Gasteiger partial charge in [0, 0.05) is 19.5 Å². The van der Waals surface area contributed by atoms with Crippen molar-refractivity contribution in [2.45, 2.75) is 25.4 Å². The summed E-state index contributed by atoms with van der Waals surface area (Å²) >= 11 is 0. The van der Waals surface area contributed by atoms with Crippen LogP contribution in [0, 0.1) is 16.0 Å². The van der Waals surface area contributed by atoms with Crippen LogP contribution in [0.25, 0.3) is 0 Å². The normalized spacial score (nSPS) is 15.0. The molecule has 0 bridgehead atoms. The first-order valence-electron chi connectivity index (χ1n) is 9.43. The van der Waals surface area contributed by atoms with Gasteiger partial charge in [0.1, 0.15) is 6.33 Å². The average molecular weight is 440 g/mol. The van der Waals surface area contributed by atoms with Crippen molar-refractivity contribution in [2.24, 2.45) is 5.92 Å². The number of aliphatic carboxylic acids is 1. The van der Waals surface area contributed by atoms with Crippen molar-refractivity contribution in [3.8, 4) is 5.88 Å². The molecule has 0 unspecified atom stereocenters. The van der Waals surface area contributed by atoms with Crippen molar-refractivity contribution in [1.82, 2.24) is 9.97 Å². The summed E-state index contributed by atoms with van der Waals surface area (Å²) in [6, 6.07) is 4.74. The van der Waals surface area contributed by atoms with Gasteiger partial charge in [-0.2, -0.15) is 18.2 Å². The number of hydrogen-bond donors (Lipinski definition) is 1. The Morgan fingerprint density at radius 3 is 2.61 bits per heavy atom. The molecule has 1 fully saturated rings. The van der Waals surface area contributed by atoms with E-state index in [1.54, 1.807) is 4.90 Å². The van der Waals surface area contributed by atoms with Gasteiger partial charge < -0.3 is 14.7 Å². The minimum absolute atomic E-state index is 0.0258. The fourth-order valence-corrected chi connectivity index (χ4v) is 3.36. The van der Waals surface area contributed by atoms with Crippen LogP contribution in [0.15, 0.2) is 30.6 Å². The maximum atomic E-state index is 12.8. The fraction of sp³-hybridized carbons (Fsp3) is 0.421. The van der Waals surface area contributed by atoms with Gasteiger partial charge in [0.15, 0.2) is 0 Å². The molecule has 0 atom stereocenters. The summed E-state index contributed by atoms with van der Waals surface area (Å²) < 4.78 is 43.9. The summed E-state index contributed by atoms with van der Waals surface area (Å²) in [4.78, 5) is 31.5. The second-order valence-corrected chi connectivity index (χ2v) is 7.00. The van der Waals surface area contributed by atoms with Crippen LogP contribution in [0.5, 0.6) is 5.88 Å². The molecule has 0 amide bonds. The number of carboxylic acid groups (broad SMARTS) is 1. The number of carboxylic acids is 1. The van der Waals surface area contributed by atoms with E-state index in [9.17, 15) is 28.1 Å². The van der Waals surface area contributed by atoms with Crippen LogP contribution in [0.4, 0.5) is 24.7 Å². The molecule has 31 heavy (non-hydrogen) atoms. The van der Waals surface area contributed by atoms with Crippen molar-refractivity contribution < 1.29 is 32.7 Å².